The van der Waals surface area contributed by atoms with E-state index in [1.165, 1.54) is 6.20 Å². The predicted molar refractivity (Wildman–Crippen MR) is 65.2 cm³/mol. The Morgan fingerprint density at radius 2 is 1.88 bits per heavy atom. The molecule has 0 aliphatic heterocycles. The summed E-state index contributed by atoms with van der Waals surface area (Å²) in [6.45, 7) is 2.04. The van der Waals surface area contributed by atoms with Crippen LogP contribution in [0, 0.1) is 0 Å². The minimum absolute atomic E-state index is 0.142. The molecule has 0 saturated heterocycles. The second-order valence-corrected chi connectivity index (χ2v) is 3.94. The third-order valence-corrected chi connectivity index (χ3v) is 2.81. The number of hydrogen-bond donors (Lipinski definition) is 1. The SMILES string of the molecule is CC(c1ccccc1)c1cncc(C(=O)O)c1. The molecule has 2 aromatic rings. The van der Waals surface area contributed by atoms with Gasteiger partial charge in [-0.2, -0.15) is 0 Å². The maximum atomic E-state index is 10.9. The number of carboxylic acid groups (broad SMARTS) is 1. The lowest BCUT2D eigenvalue weighted by Gasteiger charge is -2.12. The summed E-state index contributed by atoms with van der Waals surface area (Å²) in [4.78, 5) is 14.8. The van der Waals surface area contributed by atoms with Gasteiger partial charge >= 0.3 is 5.97 Å². The number of carboxylic acids is 1. The summed E-state index contributed by atoms with van der Waals surface area (Å²) in [6.07, 6.45) is 3.08. The maximum absolute atomic E-state index is 10.9. The van der Waals surface area contributed by atoms with Crippen LogP contribution in [0.25, 0.3) is 0 Å². The van der Waals surface area contributed by atoms with Crippen molar-refractivity contribution in [3.05, 3.63) is 65.5 Å². The Hall–Kier alpha value is -2.16. The van der Waals surface area contributed by atoms with E-state index in [9.17, 15) is 4.79 Å². The first-order valence-electron chi connectivity index (χ1n) is 5.41. The number of nitrogens with zero attached hydrogens (tertiary/aromatic N) is 1. The van der Waals surface area contributed by atoms with Crippen LogP contribution in [0.2, 0.25) is 0 Å². The van der Waals surface area contributed by atoms with Gasteiger partial charge in [-0.05, 0) is 17.2 Å². The van der Waals surface area contributed by atoms with Gasteiger partial charge in [0.15, 0.2) is 0 Å². The second kappa shape index (κ2) is 4.78. The van der Waals surface area contributed by atoms with Gasteiger partial charge in [0, 0.05) is 18.3 Å². The number of aromatic carboxylic acids is 1. The summed E-state index contributed by atoms with van der Waals surface area (Å²) in [6, 6.07) is 11.6. The molecule has 1 heterocycles. The first-order valence-corrected chi connectivity index (χ1v) is 5.41. The smallest absolute Gasteiger partial charge is 0.337 e. The fourth-order valence-electron chi connectivity index (χ4n) is 1.75. The van der Waals surface area contributed by atoms with Gasteiger partial charge in [0.1, 0.15) is 0 Å². The first kappa shape index (κ1) is 11.3. The summed E-state index contributed by atoms with van der Waals surface area (Å²) in [5, 5.41) is 8.92. The molecule has 2 rings (SSSR count). The van der Waals surface area contributed by atoms with Crippen LogP contribution in [0.5, 0.6) is 0 Å². The number of aromatic nitrogens is 1. The van der Waals surface area contributed by atoms with Crippen LogP contribution in [0.15, 0.2) is 48.8 Å². The van der Waals surface area contributed by atoms with Gasteiger partial charge in [0.05, 0.1) is 5.56 Å². The van der Waals surface area contributed by atoms with E-state index in [0.29, 0.717) is 0 Å². The van der Waals surface area contributed by atoms with Gasteiger partial charge in [-0.3, -0.25) is 4.98 Å². The molecule has 0 aliphatic rings. The molecule has 0 radical (unpaired) electrons. The van der Waals surface area contributed by atoms with E-state index in [4.69, 9.17) is 5.11 Å². The van der Waals surface area contributed by atoms with E-state index >= 15 is 0 Å². The van der Waals surface area contributed by atoms with Crippen LogP contribution in [-0.2, 0) is 0 Å². The monoisotopic (exact) mass is 227 g/mol. The third kappa shape index (κ3) is 2.50. The Balaban J connectivity index is 2.34. The molecule has 1 aromatic heterocycles. The number of carbonyl (C=O) groups is 1. The molecule has 0 amide bonds. The normalized spacial score (nSPS) is 12.1. The summed E-state index contributed by atoms with van der Waals surface area (Å²) in [5.74, 6) is -0.803. The number of rotatable bonds is 3. The van der Waals surface area contributed by atoms with Crippen molar-refractivity contribution in [2.24, 2.45) is 0 Å². The highest BCUT2D eigenvalue weighted by Crippen LogP contribution is 2.23. The van der Waals surface area contributed by atoms with Crippen LogP contribution in [-0.4, -0.2) is 16.1 Å². The van der Waals surface area contributed by atoms with Gasteiger partial charge in [0.25, 0.3) is 0 Å². The fraction of sp³-hybridized carbons (Fsp3) is 0.143. The van der Waals surface area contributed by atoms with Crippen LogP contribution < -0.4 is 0 Å². The molecule has 0 aliphatic carbocycles. The highest BCUT2D eigenvalue weighted by Gasteiger charge is 2.11. The van der Waals surface area contributed by atoms with E-state index in [-0.39, 0.29) is 11.5 Å². The molecule has 3 heteroatoms. The van der Waals surface area contributed by atoms with E-state index in [1.54, 1.807) is 12.3 Å². The van der Waals surface area contributed by atoms with Gasteiger partial charge in [0.2, 0.25) is 0 Å². The minimum Gasteiger partial charge on any atom is -0.478 e. The molecule has 17 heavy (non-hydrogen) atoms. The van der Waals surface area contributed by atoms with E-state index in [1.807, 2.05) is 37.3 Å². The lowest BCUT2D eigenvalue weighted by atomic mass is 9.94. The highest BCUT2D eigenvalue weighted by atomic mass is 16.4. The molecule has 1 aromatic carbocycles. The van der Waals surface area contributed by atoms with Crippen molar-refractivity contribution in [2.75, 3.05) is 0 Å². The van der Waals surface area contributed by atoms with Crippen LogP contribution in [0.3, 0.4) is 0 Å². The number of pyridine rings is 1. The molecule has 0 spiro atoms. The Bertz CT molecular complexity index is 523. The Kier molecular flexibility index (Phi) is 3.19. The number of hydrogen-bond acceptors (Lipinski definition) is 2. The molecule has 1 unspecified atom stereocenters. The van der Waals surface area contributed by atoms with Crippen molar-refractivity contribution in [1.82, 2.24) is 4.98 Å². The Morgan fingerprint density at radius 3 is 2.53 bits per heavy atom. The third-order valence-electron chi connectivity index (χ3n) is 2.81. The van der Waals surface area contributed by atoms with Crippen LogP contribution in [0.1, 0.15) is 34.3 Å². The van der Waals surface area contributed by atoms with Crippen molar-refractivity contribution < 1.29 is 9.90 Å². The molecule has 1 atom stereocenters. The molecule has 0 bridgehead atoms. The predicted octanol–water partition coefficient (Wildman–Crippen LogP) is 2.93. The average molecular weight is 227 g/mol. The molecular weight excluding hydrogens is 214 g/mol. The fourth-order valence-corrected chi connectivity index (χ4v) is 1.75. The largest absolute Gasteiger partial charge is 0.478 e. The molecule has 0 saturated carbocycles. The topological polar surface area (TPSA) is 50.2 Å². The zero-order valence-corrected chi connectivity index (χ0v) is 9.50. The van der Waals surface area contributed by atoms with Gasteiger partial charge in [-0.1, -0.05) is 37.3 Å². The zero-order chi connectivity index (χ0) is 12.3. The lowest BCUT2D eigenvalue weighted by Crippen LogP contribution is -2.02. The minimum atomic E-state index is -0.945. The molecule has 3 nitrogen and oxygen atoms in total. The van der Waals surface area contributed by atoms with E-state index in [0.717, 1.165) is 11.1 Å². The van der Waals surface area contributed by atoms with Crippen LogP contribution >= 0.6 is 0 Å². The van der Waals surface area contributed by atoms with Gasteiger partial charge in [-0.25, -0.2) is 4.79 Å². The van der Waals surface area contributed by atoms with Crippen molar-refractivity contribution >= 4 is 5.97 Å². The number of benzene rings is 1. The summed E-state index contributed by atoms with van der Waals surface area (Å²) in [7, 11) is 0. The van der Waals surface area contributed by atoms with E-state index in [2.05, 4.69) is 4.98 Å². The molecular formula is C14H13NO2. The van der Waals surface area contributed by atoms with Crippen molar-refractivity contribution in [3.8, 4) is 0 Å². The van der Waals surface area contributed by atoms with E-state index < -0.39 is 5.97 Å². The Labute approximate surface area is 99.8 Å². The summed E-state index contributed by atoms with van der Waals surface area (Å²) < 4.78 is 0. The van der Waals surface area contributed by atoms with Crippen LogP contribution in [0.4, 0.5) is 0 Å². The highest BCUT2D eigenvalue weighted by molar-refractivity contribution is 5.87. The first-order chi connectivity index (χ1) is 8.18. The van der Waals surface area contributed by atoms with Crippen molar-refractivity contribution in [2.45, 2.75) is 12.8 Å². The van der Waals surface area contributed by atoms with Gasteiger partial charge < -0.3 is 5.11 Å². The Morgan fingerprint density at radius 1 is 1.18 bits per heavy atom. The van der Waals surface area contributed by atoms with Crippen molar-refractivity contribution in [3.63, 3.8) is 0 Å². The average Bonchev–Trinajstić information content (AvgIpc) is 2.39. The second-order valence-electron chi connectivity index (χ2n) is 3.94. The quantitative estimate of drug-likeness (QED) is 0.877. The molecule has 1 N–H and O–H groups in total. The zero-order valence-electron chi connectivity index (χ0n) is 9.50. The van der Waals surface area contributed by atoms with Gasteiger partial charge in [-0.15, -0.1) is 0 Å². The summed E-state index contributed by atoms with van der Waals surface area (Å²) >= 11 is 0. The standard InChI is InChI=1S/C14H13NO2/c1-10(11-5-3-2-4-6-11)12-7-13(14(16)17)9-15-8-12/h2-10H,1H3,(H,16,17). The molecule has 0 fully saturated rings. The molecule has 86 valence electrons. The lowest BCUT2D eigenvalue weighted by molar-refractivity contribution is 0.0696. The maximum Gasteiger partial charge on any atom is 0.337 e. The van der Waals surface area contributed by atoms with Crippen molar-refractivity contribution in [1.29, 1.82) is 0 Å². The summed E-state index contributed by atoms with van der Waals surface area (Å²) in [5.41, 5.74) is 2.29.